The molecule has 1 unspecified atom stereocenters. The number of aliphatic hydroxyl groups excluding tert-OH is 1. The number of aliphatic hydroxyl groups is 1. The van der Waals surface area contributed by atoms with Crippen LogP contribution in [0.3, 0.4) is 0 Å². The van der Waals surface area contributed by atoms with Gasteiger partial charge in [0.25, 0.3) is 5.91 Å². The average Bonchev–Trinajstić information content (AvgIpc) is 3.44. The highest BCUT2D eigenvalue weighted by atomic mass is 19.4. The monoisotopic (exact) mass is 518 g/mol. The highest BCUT2D eigenvalue weighted by Gasteiger charge is 2.54. The molecular weight excluding hydrogens is 493 g/mol. The second-order valence-corrected chi connectivity index (χ2v) is 9.19. The minimum absolute atomic E-state index is 0.222. The summed E-state index contributed by atoms with van der Waals surface area (Å²) in [6, 6.07) is 6.79. The molecule has 2 aromatic heterocycles. The summed E-state index contributed by atoms with van der Waals surface area (Å²) in [6.45, 7) is -1.21. The summed E-state index contributed by atoms with van der Waals surface area (Å²) in [5.74, 6) is -0.0892. The first-order chi connectivity index (χ1) is 17.6. The molecule has 0 saturated carbocycles. The number of rotatable bonds is 6. The van der Waals surface area contributed by atoms with Gasteiger partial charge < -0.3 is 19.6 Å². The van der Waals surface area contributed by atoms with E-state index in [4.69, 9.17) is 4.74 Å². The van der Waals surface area contributed by atoms with Crippen LogP contribution in [0.1, 0.15) is 28.8 Å². The van der Waals surface area contributed by atoms with E-state index in [0.717, 1.165) is 0 Å². The number of pyridine rings is 1. The number of aromatic amines is 1. The molecule has 2 amide bonds. The minimum Gasteiger partial charge on any atom is -0.496 e. The van der Waals surface area contributed by atoms with Crippen molar-refractivity contribution in [1.29, 1.82) is 0 Å². The second-order valence-electron chi connectivity index (χ2n) is 9.19. The molecule has 1 spiro atoms. The van der Waals surface area contributed by atoms with Crippen LogP contribution in [0.2, 0.25) is 0 Å². The number of nitrogens with one attached hydrogen (secondary N) is 2. The Morgan fingerprint density at radius 1 is 1.30 bits per heavy atom. The number of likely N-dealkylation sites (tertiary alicyclic amines) is 1. The van der Waals surface area contributed by atoms with Gasteiger partial charge >= 0.3 is 6.18 Å². The number of benzene rings is 1. The SMILES string of the molecule is COc1cccc2c1C1(CCN(C(=O)c3cnc4[nH]ncc4c3)CC1)C(=O)N2CC(O)NCC(F)(F)F. The lowest BCUT2D eigenvalue weighted by Gasteiger charge is -2.39. The van der Waals surface area contributed by atoms with Crippen molar-refractivity contribution in [2.24, 2.45) is 0 Å². The summed E-state index contributed by atoms with van der Waals surface area (Å²) < 4.78 is 43.4. The van der Waals surface area contributed by atoms with Gasteiger partial charge in [-0.25, -0.2) is 4.98 Å². The van der Waals surface area contributed by atoms with Gasteiger partial charge in [0.05, 0.1) is 43.1 Å². The lowest BCUT2D eigenvalue weighted by molar-refractivity contribution is -0.131. The van der Waals surface area contributed by atoms with Gasteiger partial charge in [-0.1, -0.05) is 6.07 Å². The number of carbonyl (C=O) groups is 2. The third-order valence-corrected chi connectivity index (χ3v) is 6.98. The number of hydrogen-bond donors (Lipinski definition) is 3. The predicted molar refractivity (Wildman–Crippen MR) is 126 cm³/mol. The Morgan fingerprint density at radius 2 is 2.05 bits per heavy atom. The van der Waals surface area contributed by atoms with Gasteiger partial charge in [-0.2, -0.15) is 18.3 Å². The predicted octanol–water partition coefficient (Wildman–Crippen LogP) is 1.96. The fourth-order valence-corrected chi connectivity index (χ4v) is 5.21. The van der Waals surface area contributed by atoms with Gasteiger partial charge in [-0.15, -0.1) is 0 Å². The smallest absolute Gasteiger partial charge is 0.401 e. The summed E-state index contributed by atoms with van der Waals surface area (Å²) in [5, 5.41) is 19.6. The Hall–Kier alpha value is -3.71. The van der Waals surface area contributed by atoms with E-state index in [2.05, 4.69) is 15.2 Å². The van der Waals surface area contributed by atoms with Gasteiger partial charge in [0, 0.05) is 30.2 Å². The number of aromatic nitrogens is 3. The van der Waals surface area contributed by atoms with Gasteiger partial charge in [0.1, 0.15) is 12.0 Å². The lowest BCUT2D eigenvalue weighted by atomic mass is 9.73. The molecule has 3 aromatic rings. The van der Waals surface area contributed by atoms with Crippen LogP contribution >= 0.6 is 0 Å². The summed E-state index contributed by atoms with van der Waals surface area (Å²) in [7, 11) is 1.48. The summed E-state index contributed by atoms with van der Waals surface area (Å²) in [6.07, 6.45) is -2.47. The maximum Gasteiger partial charge on any atom is 0.401 e. The minimum atomic E-state index is -4.50. The number of amides is 2. The topological polar surface area (TPSA) is 124 Å². The van der Waals surface area contributed by atoms with Crippen molar-refractivity contribution in [3.05, 3.63) is 47.8 Å². The second kappa shape index (κ2) is 9.30. The number of H-pyrrole nitrogens is 1. The van der Waals surface area contributed by atoms with Crippen molar-refractivity contribution in [2.45, 2.75) is 30.7 Å². The number of carbonyl (C=O) groups excluding carboxylic acids is 2. The number of methoxy groups -OCH3 is 1. The Bertz CT molecular complexity index is 1340. The molecule has 2 aliphatic heterocycles. The van der Waals surface area contributed by atoms with Crippen LogP contribution in [0.4, 0.5) is 18.9 Å². The molecule has 10 nitrogen and oxygen atoms in total. The molecule has 1 aromatic carbocycles. The Balaban J connectivity index is 1.38. The molecule has 1 atom stereocenters. The van der Waals surface area contributed by atoms with Crippen molar-refractivity contribution in [1.82, 2.24) is 25.4 Å². The fourth-order valence-electron chi connectivity index (χ4n) is 5.21. The number of halogens is 3. The fraction of sp³-hybridized carbons (Fsp3) is 0.417. The van der Waals surface area contributed by atoms with E-state index < -0.39 is 24.4 Å². The number of piperidine rings is 1. The largest absolute Gasteiger partial charge is 0.496 e. The molecule has 1 saturated heterocycles. The summed E-state index contributed by atoms with van der Waals surface area (Å²) in [4.78, 5) is 34.2. The lowest BCUT2D eigenvalue weighted by Crippen LogP contribution is -2.52. The first-order valence-electron chi connectivity index (χ1n) is 11.7. The molecule has 196 valence electrons. The maximum atomic E-state index is 13.8. The average molecular weight is 518 g/mol. The number of ether oxygens (including phenoxy) is 1. The molecule has 13 heteroatoms. The van der Waals surface area contributed by atoms with E-state index in [9.17, 15) is 27.9 Å². The molecule has 0 aliphatic carbocycles. The van der Waals surface area contributed by atoms with E-state index in [1.165, 1.54) is 18.2 Å². The van der Waals surface area contributed by atoms with Crippen LogP contribution < -0.4 is 15.0 Å². The number of fused-ring (bicyclic) bond motifs is 3. The van der Waals surface area contributed by atoms with Crippen molar-refractivity contribution in [2.75, 3.05) is 38.2 Å². The Kier molecular flexibility index (Phi) is 6.28. The van der Waals surface area contributed by atoms with E-state index in [0.29, 0.717) is 33.6 Å². The quantitative estimate of drug-likeness (QED) is 0.426. The Morgan fingerprint density at radius 3 is 2.76 bits per heavy atom. The van der Waals surface area contributed by atoms with Gasteiger partial charge in [0.2, 0.25) is 5.91 Å². The normalized spacial score (nSPS) is 17.9. The van der Waals surface area contributed by atoms with Crippen LogP contribution in [0.15, 0.2) is 36.7 Å². The first-order valence-corrected chi connectivity index (χ1v) is 11.7. The Labute approximate surface area is 209 Å². The zero-order valence-electron chi connectivity index (χ0n) is 19.9. The summed E-state index contributed by atoms with van der Waals surface area (Å²) in [5.41, 5.74) is 1.04. The maximum absolute atomic E-state index is 13.8. The van der Waals surface area contributed by atoms with E-state index in [1.807, 2.05) is 5.32 Å². The van der Waals surface area contributed by atoms with Crippen molar-refractivity contribution in [3.8, 4) is 5.75 Å². The first kappa shape index (κ1) is 25.0. The van der Waals surface area contributed by atoms with Crippen LogP contribution in [0.5, 0.6) is 5.75 Å². The van der Waals surface area contributed by atoms with Crippen LogP contribution in [-0.4, -0.2) is 82.7 Å². The molecule has 4 heterocycles. The molecule has 0 radical (unpaired) electrons. The van der Waals surface area contributed by atoms with Crippen LogP contribution in [0.25, 0.3) is 11.0 Å². The highest BCUT2D eigenvalue weighted by Crippen LogP contribution is 2.52. The van der Waals surface area contributed by atoms with E-state index in [1.54, 1.807) is 35.4 Å². The van der Waals surface area contributed by atoms with Crippen LogP contribution in [-0.2, 0) is 10.2 Å². The molecule has 5 rings (SSSR count). The van der Waals surface area contributed by atoms with Crippen molar-refractivity contribution < 1.29 is 32.6 Å². The number of β-amino-alcohol motifs (C(OH)–C–C–N with tert-alkyl or cyclic N) is 1. The third-order valence-electron chi connectivity index (χ3n) is 6.98. The van der Waals surface area contributed by atoms with Crippen molar-refractivity contribution in [3.63, 3.8) is 0 Å². The molecule has 3 N–H and O–H groups in total. The third kappa shape index (κ3) is 4.48. The van der Waals surface area contributed by atoms with E-state index >= 15 is 0 Å². The number of nitrogens with zero attached hydrogens (tertiary/aromatic N) is 4. The molecule has 37 heavy (non-hydrogen) atoms. The molecule has 2 aliphatic rings. The zero-order valence-corrected chi connectivity index (χ0v) is 19.9. The van der Waals surface area contributed by atoms with Gasteiger partial charge in [-0.3, -0.25) is 20.0 Å². The summed E-state index contributed by atoms with van der Waals surface area (Å²) >= 11 is 0. The zero-order chi connectivity index (χ0) is 26.4. The number of anilines is 1. The number of hydrogen-bond acceptors (Lipinski definition) is 7. The number of alkyl halides is 3. The standard InChI is InChI=1S/C24H25F3N6O4/c1-37-17-4-2-3-16-19(17)23(22(36)33(16)12-18(34)29-13-24(25,26)27)5-7-32(8-6-23)21(35)15-9-14-11-30-31-20(14)28-10-15/h2-4,9-11,18,29,34H,5-8,12-13H2,1H3,(H,28,30,31). The van der Waals surface area contributed by atoms with Gasteiger partial charge in [-0.05, 0) is 31.0 Å². The molecule has 0 bridgehead atoms. The van der Waals surface area contributed by atoms with Crippen molar-refractivity contribution >= 4 is 28.5 Å². The highest BCUT2D eigenvalue weighted by molar-refractivity contribution is 6.09. The van der Waals surface area contributed by atoms with Gasteiger partial charge in [0.15, 0.2) is 5.65 Å². The molecular formula is C24H25F3N6O4. The van der Waals surface area contributed by atoms with Crippen LogP contribution in [0, 0.1) is 0 Å². The van der Waals surface area contributed by atoms with E-state index in [-0.39, 0.29) is 44.3 Å². The molecule has 1 fully saturated rings.